The van der Waals surface area contributed by atoms with Crippen molar-refractivity contribution < 1.29 is 27.9 Å². The largest absolute Gasteiger partial charge is 0.481 e. The van der Waals surface area contributed by atoms with Crippen LogP contribution in [0, 0.1) is 18.8 Å². The van der Waals surface area contributed by atoms with Gasteiger partial charge in [-0.3, -0.25) is 9.59 Å². The normalized spacial score (nSPS) is 20.5. The van der Waals surface area contributed by atoms with Gasteiger partial charge < -0.3 is 10.0 Å². The standard InChI is InChI=1S/C15H18F3N3O3.ClH/c1-7(2)12-9(4-19-8(3)20-12)13(22)21-5-10(14(23)24)11(6-21)15(16,17)18;/h4,7,10-11H,5-6H2,1-3H3,(H,23,24);1H/t10-,11-;/m1./s1. The maximum absolute atomic E-state index is 13.0. The summed E-state index contributed by atoms with van der Waals surface area (Å²) in [5, 5.41) is 9.03. The predicted molar refractivity (Wildman–Crippen MR) is 84.7 cm³/mol. The van der Waals surface area contributed by atoms with Crippen molar-refractivity contribution in [3.8, 4) is 0 Å². The van der Waals surface area contributed by atoms with E-state index in [9.17, 15) is 22.8 Å². The maximum Gasteiger partial charge on any atom is 0.394 e. The van der Waals surface area contributed by atoms with Gasteiger partial charge in [0.15, 0.2) is 0 Å². The van der Waals surface area contributed by atoms with Crippen LogP contribution >= 0.6 is 12.4 Å². The summed E-state index contributed by atoms with van der Waals surface area (Å²) in [7, 11) is 0. The van der Waals surface area contributed by atoms with Crippen LogP contribution in [0.3, 0.4) is 0 Å². The summed E-state index contributed by atoms with van der Waals surface area (Å²) in [6.07, 6.45) is -3.39. The molecule has 25 heavy (non-hydrogen) atoms. The zero-order chi connectivity index (χ0) is 18.2. The van der Waals surface area contributed by atoms with E-state index >= 15 is 0 Å². The van der Waals surface area contributed by atoms with Crippen LogP contribution in [0.5, 0.6) is 0 Å². The number of carbonyl (C=O) groups is 2. The number of hydrogen-bond acceptors (Lipinski definition) is 4. The maximum atomic E-state index is 13.0. The second-order valence-corrected chi connectivity index (χ2v) is 6.17. The highest BCUT2D eigenvalue weighted by Gasteiger charge is 2.53. The Hall–Kier alpha value is -1.90. The third-order valence-electron chi connectivity index (χ3n) is 4.06. The lowest BCUT2D eigenvalue weighted by Gasteiger charge is -2.20. The Bertz CT molecular complexity index is 667. The highest BCUT2D eigenvalue weighted by molar-refractivity contribution is 5.95. The first kappa shape index (κ1) is 21.1. The van der Waals surface area contributed by atoms with Gasteiger partial charge in [0.2, 0.25) is 0 Å². The van der Waals surface area contributed by atoms with Gasteiger partial charge in [-0.15, -0.1) is 12.4 Å². The van der Waals surface area contributed by atoms with Crippen molar-refractivity contribution in [3.05, 3.63) is 23.3 Å². The molecule has 1 aromatic rings. The van der Waals surface area contributed by atoms with E-state index in [2.05, 4.69) is 9.97 Å². The third kappa shape index (κ3) is 4.39. The van der Waals surface area contributed by atoms with Gasteiger partial charge in [0.1, 0.15) is 5.82 Å². The third-order valence-corrected chi connectivity index (χ3v) is 4.06. The van der Waals surface area contributed by atoms with Crippen LogP contribution in [0.4, 0.5) is 13.2 Å². The molecular formula is C15H19ClF3N3O3. The number of halogens is 4. The van der Waals surface area contributed by atoms with Crippen molar-refractivity contribution in [2.24, 2.45) is 11.8 Å². The summed E-state index contributed by atoms with van der Waals surface area (Å²) in [6, 6.07) is 0. The van der Waals surface area contributed by atoms with E-state index in [0.717, 1.165) is 4.90 Å². The smallest absolute Gasteiger partial charge is 0.394 e. The van der Waals surface area contributed by atoms with Gasteiger partial charge in [0, 0.05) is 19.3 Å². The molecule has 1 amide bonds. The number of likely N-dealkylation sites (tertiary alicyclic amines) is 1. The fourth-order valence-electron chi connectivity index (χ4n) is 2.81. The molecule has 0 bridgehead atoms. The van der Waals surface area contributed by atoms with E-state index in [4.69, 9.17) is 5.11 Å². The Morgan fingerprint density at radius 1 is 1.32 bits per heavy atom. The number of nitrogens with zero attached hydrogens (tertiary/aromatic N) is 3. The first-order valence-corrected chi connectivity index (χ1v) is 7.44. The molecule has 0 spiro atoms. The van der Waals surface area contributed by atoms with Crippen LogP contribution in [0.2, 0.25) is 0 Å². The molecule has 0 aromatic carbocycles. The number of aliphatic carboxylic acids is 1. The van der Waals surface area contributed by atoms with Crippen LogP contribution in [0.1, 0.15) is 41.6 Å². The Kier molecular flexibility index (Phi) is 6.39. The fourth-order valence-corrected chi connectivity index (χ4v) is 2.81. The first-order valence-electron chi connectivity index (χ1n) is 7.44. The second kappa shape index (κ2) is 7.55. The minimum Gasteiger partial charge on any atom is -0.481 e. The van der Waals surface area contributed by atoms with Gasteiger partial charge in [-0.2, -0.15) is 13.2 Å². The Morgan fingerprint density at radius 3 is 2.36 bits per heavy atom. The lowest BCUT2D eigenvalue weighted by atomic mass is 9.96. The molecule has 1 saturated heterocycles. The first-order chi connectivity index (χ1) is 11.0. The van der Waals surface area contributed by atoms with Crippen LogP contribution < -0.4 is 0 Å². The molecule has 0 saturated carbocycles. The van der Waals surface area contributed by atoms with Crippen molar-refractivity contribution in [1.82, 2.24) is 14.9 Å². The summed E-state index contributed by atoms with van der Waals surface area (Å²) in [4.78, 5) is 32.8. The summed E-state index contributed by atoms with van der Waals surface area (Å²) in [6.45, 7) is 4.10. The van der Waals surface area contributed by atoms with Crippen molar-refractivity contribution in [2.45, 2.75) is 32.9 Å². The van der Waals surface area contributed by atoms with Gasteiger partial charge in [-0.25, -0.2) is 9.97 Å². The number of carboxylic acid groups (broad SMARTS) is 1. The molecule has 1 aliphatic heterocycles. The monoisotopic (exact) mass is 381 g/mol. The van der Waals surface area contributed by atoms with E-state index in [1.54, 1.807) is 20.8 Å². The van der Waals surface area contributed by atoms with Gasteiger partial charge >= 0.3 is 12.1 Å². The summed E-state index contributed by atoms with van der Waals surface area (Å²) in [5.41, 5.74) is 0.553. The fraction of sp³-hybridized carbons (Fsp3) is 0.600. The highest BCUT2D eigenvalue weighted by atomic mass is 35.5. The van der Waals surface area contributed by atoms with Gasteiger partial charge in [0.25, 0.3) is 5.91 Å². The average Bonchev–Trinajstić information content (AvgIpc) is 2.91. The van der Waals surface area contributed by atoms with E-state index in [1.165, 1.54) is 6.20 Å². The quantitative estimate of drug-likeness (QED) is 0.870. The molecule has 2 rings (SSSR count). The minimum atomic E-state index is -4.68. The van der Waals surface area contributed by atoms with E-state index < -0.39 is 43.0 Å². The Balaban J connectivity index is 0.00000312. The summed E-state index contributed by atoms with van der Waals surface area (Å²) < 4.78 is 39.1. The van der Waals surface area contributed by atoms with Gasteiger partial charge in [0.05, 0.1) is 23.1 Å². The number of rotatable bonds is 3. The predicted octanol–water partition coefficient (Wildman–Crippen LogP) is 2.67. The molecule has 1 aliphatic rings. The van der Waals surface area contributed by atoms with Crippen molar-refractivity contribution in [3.63, 3.8) is 0 Å². The van der Waals surface area contributed by atoms with E-state index in [1.807, 2.05) is 0 Å². The Labute approximate surface area is 148 Å². The van der Waals surface area contributed by atoms with Crippen molar-refractivity contribution >= 4 is 24.3 Å². The van der Waals surface area contributed by atoms with Crippen molar-refractivity contribution in [2.75, 3.05) is 13.1 Å². The summed E-state index contributed by atoms with van der Waals surface area (Å²) >= 11 is 0. The number of carboxylic acids is 1. The molecule has 140 valence electrons. The summed E-state index contributed by atoms with van der Waals surface area (Å²) in [5.74, 6) is -5.64. The van der Waals surface area contributed by atoms with E-state index in [0.29, 0.717) is 11.5 Å². The molecule has 10 heteroatoms. The number of aromatic nitrogens is 2. The molecule has 1 fully saturated rings. The zero-order valence-corrected chi connectivity index (χ0v) is 14.7. The van der Waals surface area contributed by atoms with Gasteiger partial charge in [-0.05, 0) is 12.8 Å². The van der Waals surface area contributed by atoms with Gasteiger partial charge in [-0.1, -0.05) is 13.8 Å². The molecule has 2 atom stereocenters. The number of carbonyl (C=O) groups excluding carboxylic acids is 1. The number of aryl methyl sites for hydroxylation is 1. The minimum absolute atomic E-state index is 0. The highest BCUT2D eigenvalue weighted by Crippen LogP contribution is 2.38. The molecule has 2 heterocycles. The second-order valence-electron chi connectivity index (χ2n) is 6.17. The Morgan fingerprint density at radius 2 is 1.92 bits per heavy atom. The molecule has 1 N–H and O–H groups in total. The van der Waals surface area contributed by atoms with Crippen LogP contribution in [-0.2, 0) is 4.79 Å². The van der Waals surface area contributed by atoms with Crippen LogP contribution in [0.25, 0.3) is 0 Å². The molecule has 0 aliphatic carbocycles. The lowest BCUT2D eigenvalue weighted by Crippen LogP contribution is -2.34. The zero-order valence-electron chi connectivity index (χ0n) is 13.9. The molecule has 6 nitrogen and oxygen atoms in total. The van der Waals surface area contributed by atoms with Crippen LogP contribution in [-0.4, -0.2) is 51.1 Å². The molecule has 1 aromatic heterocycles. The molecule has 0 unspecified atom stereocenters. The number of hydrogen-bond donors (Lipinski definition) is 1. The topological polar surface area (TPSA) is 83.4 Å². The average molecular weight is 382 g/mol. The number of amides is 1. The molecule has 0 radical (unpaired) electrons. The molecular weight excluding hydrogens is 363 g/mol. The van der Waals surface area contributed by atoms with Crippen molar-refractivity contribution in [1.29, 1.82) is 0 Å². The SMILES string of the molecule is Cc1ncc(C(=O)N2C[C@@H](C(F)(F)F)[C@H](C(=O)O)C2)c(C(C)C)n1.Cl. The number of alkyl halides is 3. The van der Waals surface area contributed by atoms with Crippen LogP contribution in [0.15, 0.2) is 6.20 Å². The van der Waals surface area contributed by atoms with E-state index in [-0.39, 0.29) is 23.9 Å². The lowest BCUT2D eigenvalue weighted by molar-refractivity contribution is -0.187.